The van der Waals surface area contributed by atoms with Crippen molar-refractivity contribution in [2.24, 2.45) is 0 Å². The van der Waals surface area contributed by atoms with E-state index < -0.39 is 0 Å². The second-order valence-corrected chi connectivity index (χ2v) is 6.92. The molecular formula is C22H26N2O2. The van der Waals surface area contributed by atoms with E-state index in [0.29, 0.717) is 19.5 Å². The Bertz CT molecular complexity index is 796. The molecule has 0 bridgehead atoms. The summed E-state index contributed by atoms with van der Waals surface area (Å²) in [6, 6.07) is 13.8. The molecule has 0 unspecified atom stereocenters. The standard InChI is InChI=1S/C22H26N2O2/c1-3-4-5-21(25)23-15-17-8-11-20-19(14-17)12-13-24(20)22(26)18-9-6-16(2)7-10-18/h6-11,14H,3-5,12-13,15H2,1-2H3,(H,23,25). The van der Waals surface area contributed by atoms with Gasteiger partial charge in [0.25, 0.3) is 5.91 Å². The Morgan fingerprint density at radius 1 is 1.12 bits per heavy atom. The molecule has 0 radical (unpaired) electrons. The van der Waals surface area contributed by atoms with Gasteiger partial charge in [-0.3, -0.25) is 9.59 Å². The van der Waals surface area contributed by atoms with Gasteiger partial charge in [0.1, 0.15) is 0 Å². The van der Waals surface area contributed by atoms with Crippen LogP contribution >= 0.6 is 0 Å². The second kappa shape index (κ2) is 8.17. The Balaban J connectivity index is 1.67. The molecule has 0 atom stereocenters. The van der Waals surface area contributed by atoms with Crippen LogP contribution in [0.3, 0.4) is 0 Å². The van der Waals surface area contributed by atoms with Gasteiger partial charge in [-0.25, -0.2) is 0 Å². The number of carbonyl (C=O) groups excluding carboxylic acids is 2. The lowest BCUT2D eigenvalue weighted by Gasteiger charge is -2.18. The highest BCUT2D eigenvalue weighted by Crippen LogP contribution is 2.30. The van der Waals surface area contributed by atoms with Crippen molar-refractivity contribution in [1.82, 2.24) is 5.32 Å². The third kappa shape index (κ3) is 4.13. The van der Waals surface area contributed by atoms with Crippen molar-refractivity contribution in [3.05, 3.63) is 64.7 Å². The molecule has 4 nitrogen and oxygen atoms in total. The molecule has 0 spiro atoms. The predicted octanol–water partition coefficient (Wildman–Crippen LogP) is 4.00. The average molecular weight is 350 g/mol. The van der Waals surface area contributed by atoms with Gasteiger partial charge in [0, 0.05) is 30.8 Å². The highest BCUT2D eigenvalue weighted by molar-refractivity contribution is 6.07. The minimum atomic E-state index is 0.0457. The molecular weight excluding hydrogens is 324 g/mol. The molecule has 4 heteroatoms. The van der Waals surface area contributed by atoms with Gasteiger partial charge in [0.05, 0.1) is 0 Å². The van der Waals surface area contributed by atoms with E-state index >= 15 is 0 Å². The number of carbonyl (C=O) groups is 2. The van der Waals surface area contributed by atoms with Crippen LogP contribution in [0.15, 0.2) is 42.5 Å². The van der Waals surface area contributed by atoms with Crippen molar-refractivity contribution in [2.75, 3.05) is 11.4 Å². The van der Waals surface area contributed by atoms with Gasteiger partial charge in [-0.15, -0.1) is 0 Å². The van der Waals surface area contributed by atoms with E-state index in [9.17, 15) is 9.59 Å². The fourth-order valence-electron chi connectivity index (χ4n) is 3.25. The van der Waals surface area contributed by atoms with Crippen LogP contribution in [0.2, 0.25) is 0 Å². The summed E-state index contributed by atoms with van der Waals surface area (Å²) < 4.78 is 0. The Hall–Kier alpha value is -2.62. The monoisotopic (exact) mass is 350 g/mol. The first kappa shape index (κ1) is 18.2. The molecule has 0 fully saturated rings. The number of nitrogens with zero attached hydrogens (tertiary/aromatic N) is 1. The number of fused-ring (bicyclic) bond motifs is 1. The number of hydrogen-bond acceptors (Lipinski definition) is 2. The summed E-state index contributed by atoms with van der Waals surface area (Å²) in [5.41, 5.74) is 5.10. The van der Waals surface area contributed by atoms with Gasteiger partial charge in [-0.05, 0) is 49.1 Å². The van der Waals surface area contributed by atoms with Gasteiger partial charge >= 0.3 is 0 Å². The molecule has 0 saturated carbocycles. The number of unbranched alkanes of at least 4 members (excludes halogenated alkanes) is 1. The summed E-state index contributed by atoms with van der Waals surface area (Å²) in [6.07, 6.45) is 3.38. The maximum absolute atomic E-state index is 12.8. The normalized spacial score (nSPS) is 12.8. The maximum Gasteiger partial charge on any atom is 0.258 e. The lowest BCUT2D eigenvalue weighted by molar-refractivity contribution is -0.121. The SMILES string of the molecule is CCCCC(=O)NCc1ccc2c(c1)CCN2C(=O)c1ccc(C)cc1. The Labute approximate surface area is 155 Å². The van der Waals surface area contributed by atoms with Crippen LogP contribution in [0.25, 0.3) is 0 Å². The number of anilines is 1. The van der Waals surface area contributed by atoms with Gasteiger partial charge < -0.3 is 10.2 Å². The van der Waals surface area contributed by atoms with Crippen LogP contribution in [-0.4, -0.2) is 18.4 Å². The van der Waals surface area contributed by atoms with E-state index in [1.165, 1.54) is 5.56 Å². The summed E-state index contributed by atoms with van der Waals surface area (Å²) in [7, 11) is 0. The number of nitrogens with one attached hydrogen (secondary N) is 1. The molecule has 1 N–H and O–H groups in total. The first-order chi connectivity index (χ1) is 12.6. The lowest BCUT2D eigenvalue weighted by Crippen LogP contribution is -2.28. The largest absolute Gasteiger partial charge is 0.352 e. The molecule has 26 heavy (non-hydrogen) atoms. The Morgan fingerprint density at radius 3 is 2.62 bits per heavy atom. The molecule has 0 aliphatic carbocycles. The van der Waals surface area contributed by atoms with E-state index in [-0.39, 0.29) is 11.8 Å². The van der Waals surface area contributed by atoms with Crippen molar-refractivity contribution in [3.63, 3.8) is 0 Å². The summed E-state index contributed by atoms with van der Waals surface area (Å²) in [4.78, 5) is 26.4. The summed E-state index contributed by atoms with van der Waals surface area (Å²) >= 11 is 0. The van der Waals surface area contributed by atoms with Crippen LogP contribution in [0, 0.1) is 6.92 Å². The molecule has 2 aromatic carbocycles. The lowest BCUT2D eigenvalue weighted by atomic mass is 10.1. The number of amides is 2. The first-order valence-corrected chi connectivity index (χ1v) is 9.35. The van der Waals surface area contributed by atoms with E-state index in [1.54, 1.807) is 0 Å². The predicted molar refractivity (Wildman–Crippen MR) is 104 cm³/mol. The van der Waals surface area contributed by atoms with Crippen LogP contribution in [0.1, 0.15) is 53.2 Å². The van der Waals surface area contributed by atoms with Crippen molar-refractivity contribution in [3.8, 4) is 0 Å². The van der Waals surface area contributed by atoms with Gasteiger partial charge in [-0.1, -0.05) is 43.2 Å². The second-order valence-electron chi connectivity index (χ2n) is 6.92. The van der Waals surface area contributed by atoms with E-state index in [1.807, 2.05) is 48.2 Å². The van der Waals surface area contributed by atoms with E-state index in [0.717, 1.165) is 41.6 Å². The van der Waals surface area contributed by atoms with Gasteiger partial charge in [0.2, 0.25) is 5.91 Å². The van der Waals surface area contributed by atoms with Gasteiger partial charge in [-0.2, -0.15) is 0 Å². The molecule has 0 aromatic heterocycles. The Kier molecular flexibility index (Phi) is 5.71. The van der Waals surface area contributed by atoms with Crippen LogP contribution in [-0.2, 0) is 17.8 Å². The average Bonchev–Trinajstić information content (AvgIpc) is 3.08. The molecule has 1 aliphatic rings. The molecule has 0 saturated heterocycles. The molecule has 1 heterocycles. The van der Waals surface area contributed by atoms with Gasteiger partial charge in [0.15, 0.2) is 0 Å². The van der Waals surface area contributed by atoms with Crippen molar-refractivity contribution in [1.29, 1.82) is 0 Å². The third-order valence-corrected chi connectivity index (χ3v) is 4.83. The smallest absolute Gasteiger partial charge is 0.258 e. The Morgan fingerprint density at radius 2 is 1.88 bits per heavy atom. The zero-order chi connectivity index (χ0) is 18.5. The summed E-state index contributed by atoms with van der Waals surface area (Å²) in [5, 5.41) is 2.97. The van der Waals surface area contributed by atoms with E-state index in [2.05, 4.69) is 18.3 Å². The molecule has 2 amide bonds. The quantitative estimate of drug-likeness (QED) is 0.856. The zero-order valence-corrected chi connectivity index (χ0v) is 15.5. The summed E-state index contributed by atoms with van der Waals surface area (Å²) in [5.74, 6) is 0.146. The zero-order valence-electron chi connectivity index (χ0n) is 15.5. The van der Waals surface area contributed by atoms with Crippen LogP contribution < -0.4 is 10.2 Å². The molecule has 3 rings (SSSR count). The number of rotatable bonds is 6. The molecule has 2 aromatic rings. The number of aryl methyl sites for hydroxylation is 1. The third-order valence-electron chi connectivity index (χ3n) is 4.83. The maximum atomic E-state index is 12.8. The van der Waals surface area contributed by atoms with E-state index in [4.69, 9.17) is 0 Å². The topological polar surface area (TPSA) is 49.4 Å². The summed E-state index contributed by atoms with van der Waals surface area (Å²) in [6.45, 7) is 5.34. The minimum Gasteiger partial charge on any atom is -0.352 e. The first-order valence-electron chi connectivity index (χ1n) is 9.35. The highest BCUT2D eigenvalue weighted by Gasteiger charge is 2.25. The van der Waals surface area contributed by atoms with Crippen molar-refractivity contribution >= 4 is 17.5 Å². The van der Waals surface area contributed by atoms with Crippen molar-refractivity contribution < 1.29 is 9.59 Å². The van der Waals surface area contributed by atoms with Crippen LogP contribution in [0.4, 0.5) is 5.69 Å². The number of hydrogen-bond donors (Lipinski definition) is 1. The fraction of sp³-hybridized carbons (Fsp3) is 0.364. The fourth-order valence-corrected chi connectivity index (χ4v) is 3.25. The molecule has 136 valence electrons. The van der Waals surface area contributed by atoms with Crippen molar-refractivity contribution in [2.45, 2.75) is 46.1 Å². The molecule has 1 aliphatic heterocycles. The van der Waals surface area contributed by atoms with Crippen LogP contribution in [0.5, 0.6) is 0 Å². The number of benzene rings is 2. The highest BCUT2D eigenvalue weighted by atomic mass is 16.2. The minimum absolute atomic E-state index is 0.0457.